The number of likely N-dealkylation sites (N-methyl/N-ethyl adjacent to an activating group) is 2. The third-order valence-corrected chi connectivity index (χ3v) is 12.9. The van der Waals surface area contributed by atoms with Gasteiger partial charge in [0, 0.05) is 11.5 Å². The van der Waals surface area contributed by atoms with Gasteiger partial charge in [0.1, 0.15) is 12.1 Å². The molecule has 0 fully saturated rings. The number of rotatable bonds is 43. The van der Waals surface area contributed by atoms with Gasteiger partial charge in [0.05, 0.1) is 55.5 Å². The molecule has 0 radical (unpaired) electrons. The highest BCUT2D eigenvalue weighted by Gasteiger charge is 2.28. The normalized spacial score (nSPS) is 12.9. The van der Waals surface area contributed by atoms with Crippen molar-refractivity contribution in [2.45, 2.75) is 206 Å². The van der Waals surface area contributed by atoms with Gasteiger partial charge in [-0.15, -0.1) is 0 Å². The minimum absolute atomic E-state index is 0.218. The molecule has 2 N–H and O–H groups in total. The summed E-state index contributed by atoms with van der Waals surface area (Å²) >= 11 is 0. The summed E-state index contributed by atoms with van der Waals surface area (Å²) in [5.74, 6) is -0.758. The van der Waals surface area contributed by atoms with Crippen LogP contribution in [0.25, 0.3) is 0 Å². The van der Waals surface area contributed by atoms with E-state index in [9.17, 15) is 19.2 Å². The zero-order valence-corrected chi connectivity index (χ0v) is 42.0. The van der Waals surface area contributed by atoms with E-state index in [0.29, 0.717) is 22.2 Å². The van der Waals surface area contributed by atoms with Gasteiger partial charge in [-0.25, -0.2) is 9.59 Å². The highest BCUT2D eigenvalue weighted by molar-refractivity contribution is 8.76. The van der Waals surface area contributed by atoms with Crippen LogP contribution in [0, 0.1) is 0 Å². The Hall–Kier alpha value is -1.50. The molecule has 2 atom stereocenters. The SMILES string of the molecule is CCCCCCCCCCCCCCCCOC(=O)C(CSSCC(NC(=O)C[N+](C)(C)C)C(=O)OCCCCCCCCCCCCCCCC)NC(=O)C[N+](C)(C)C. The molecule has 0 heterocycles. The van der Waals surface area contributed by atoms with Gasteiger partial charge in [-0.2, -0.15) is 0 Å². The highest BCUT2D eigenvalue weighted by atomic mass is 33.1. The van der Waals surface area contributed by atoms with Crippen LogP contribution < -0.4 is 10.6 Å². The Kier molecular flexibility index (Phi) is 38.1. The summed E-state index contributed by atoms with van der Waals surface area (Å²) < 4.78 is 12.2. The fourth-order valence-corrected chi connectivity index (χ4v) is 9.35. The summed E-state index contributed by atoms with van der Waals surface area (Å²) in [6.45, 7) is 5.65. The maximum atomic E-state index is 13.2. The molecule has 0 saturated carbocycles. The van der Waals surface area contributed by atoms with Gasteiger partial charge in [0.2, 0.25) is 0 Å². The molecule has 0 spiro atoms. The van der Waals surface area contributed by atoms with Crippen molar-refractivity contribution < 1.29 is 37.6 Å². The lowest BCUT2D eigenvalue weighted by molar-refractivity contribution is -0.862. The largest absolute Gasteiger partial charge is 0.464 e. The van der Waals surface area contributed by atoms with E-state index in [1.807, 2.05) is 42.3 Å². The molecule has 12 heteroatoms. The first-order valence-corrected chi connectivity index (χ1v) is 26.9. The highest BCUT2D eigenvalue weighted by Crippen LogP contribution is 2.24. The van der Waals surface area contributed by atoms with E-state index < -0.39 is 24.0 Å². The van der Waals surface area contributed by atoms with E-state index in [2.05, 4.69) is 24.5 Å². The molecule has 0 aliphatic rings. The second-order valence-corrected chi connectivity index (χ2v) is 21.8. The Balaban J connectivity index is 4.74. The van der Waals surface area contributed by atoms with E-state index in [4.69, 9.17) is 9.47 Å². The van der Waals surface area contributed by atoms with Gasteiger partial charge in [-0.05, 0) is 12.8 Å². The molecule has 10 nitrogen and oxygen atoms in total. The van der Waals surface area contributed by atoms with Crippen molar-refractivity contribution in [2.75, 3.05) is 80.1 Å². The smallest absolute Gasteiger partial charge is 0.329 e. The van der Waals surface area contributed by atoms with Crippen LogP contribution in [0.5, 0.6) is 0 Å². The number of quaternary nitrogens is 2. The standard InChI is InChI=1S/C48H94N4O6S2/c1-9-11-13-15-17-19-21-23-25-27-29-31-33-35-37-57-47(55)43(49-45(53)39-51(3,4)5)41-59-60-42-44(50-46(54)40-52(6,7)8)48(56)58-38-36-34-32-30-28-26-24-22-20-18-16-14-12-10-2/h43-44H,9-42H2,1-8H3/p+2. The number of carbonyl (C=O) groups excluding carboxylic acids is 4. The third-order valence-electron chi connectivity index (χ3n) is 10.5. The molecule has 0 rings (SSSR count). The second kappa shape index (κ2) is 39.1. The Morgan fingerprint density at radius 1 is 0.400 bits per heavy atom. The first kappa shape index (κ1) is 58.5. The van der Waals surface area contributed by atoms with Crippen LogP contribution in [0.3, 0.4) is 0 Å². The predicted octanol–water partition coefficient (Wildman–Crippen LogP) is 10.8. The lowest BCUT2D eigenvalue weighted by Crippen LogP contribution is -2.51. The van der Waals surface area contributed by atoms with Crippen molar-refractivity contribution >= 4 is 45.3 Å². The average Bonchev–Trinajstić information content (AvgIpc) is 3.16. The molecule has 0 saturated heterocycles. The maximum Gasteiger partial charge on any atom is 0.329 e. The summed E-state index contributed by atoms with van der Waals surface area (Å²) in [6.07, 6.45) is 35.2. The summed E-state index contributed by atoms with van der Waals surface area (Å²) in [4.78, 5) is 52.2. The topological polar surface area (TPSA) is 111 Å². The maximum absolute atomic E-state index is 13.2. The molecule has 0 aliphatic carbocycles. The average molecular weight is 889 g/mol. The summed E-state index contributed by atoms with van der Waals surface area (Å²) in [5, 5.41) is 5.78. The van der Waals surface area contributed by atoms with Crippen molar-refractivity contribution in [3.8, 4) is 0 Å². The number of carbonyl (C=O) groups is 4. The minimum atomic E-state index is -0.813. The van der Waals surface area contributed by atoms with Crippen LogP contribution in [0.4, 0.5) is 0 Å². The van der Waals surface area contributed by atoms with Gasteiger partial charge >= 0.3 is 11.9 Å². The fraction of sp³-hybridized carbons (Fsp3) is 0.917. The zero-order chi connectivity index (χ0) is 44.7. The fourth-order valence-electron chi connectivity index (χ4n) is 7.05. The lowest BCUT2D eigenvalue weighted by atomic mass is 10.0. The number of hydrogen-bond acceptors (Lipinski definition) is 8. The van der Waals surface area contributed by atoms with E-state index in [1.165, 1.54) is 163 Å². The van der Waals surface area contributed by atoms with Crippen molar-refractivity contribution in [1.29, 1.82) is 0 Å². The quantitative estimate of drug-likeness (QED) is 0.0270. The van der Waals surface area contributed by atoms with Crippen molar-refractivity contribution in [2.24, 2.45) is 0 Å². The molecule has 60 heavy (non-hydrogen) atoms. The van der Waals surface area contributed by atoms with E-state index in [-0.39, 0.29) is 36.4 Å². The van der Waals surface area contributed by atoms with Crippen LogP contribution in [0.2, 0.25) is 0 Å². The van der Waals surface area contributed by atoms with Crippen LogP contribution >= 0.6 is 21.6 Å². The Morgan fingerprint density at radius 3 is 0.867 bits per heavy atom. The molecule has 0 aromatic rings. The van der Waals surface area contributed by atoms with Gasteiger partial charge in [-0.3, -0.25) is 9.59 Å². The summed E-state index contributed by atoms with van der Waals surface area (Å²) in [6, 6.07) is -1.63. The van der Waals surface area contributed by atoms with Crippen LogP contribution in [-0.2, 0) is 28.7 Å². The molecule has 0 aromatic heterocycles. The van der Waals surface area contributed by atoms with E-state index in [1.54, 1.807) is 0 Å². The number of hydrogen-bond donors (Lipinski definition) is 2. The monoisotopic (exact) mass is 889 g/mol. The Bertz CT molecular complexity index is 986. The second-order valence-electron chi connectivity index (χ2n) is 19.2. The van der Waals surface area contributed by atoms with Gasteiger partial charge < -0.3 is 29.1 Å². The van der Waals surface area contributed by atoms with Gasteiger partial charge in [-0.1, -0.05) is 202 Å². The number of nitrogens with one attached hydrogen (secondary N) is 2. The number of unbranched alkanes of at least 4 members (excludes halogenated alkanes) is 26. The van der Waals surface area contributed by atoms with Crippen LogP contribution in [0.1, 0.15) is 194 Å². The predicted molar refractivity (Wildman–Crippen MR) is 257 cm³/mol. The number of amides is 2. The molecular weight excluding hydrogens is 793 g/mol. The van der Waals surface area contributed by atoms with Gasteiger partial charge in [0.25, 0.3) is 11.8 Å². The van der Waals surface area contributed by atoms with Crippen LogP contribution in [0.15, 0.2) is 0 Å². The van der Waals surface area contributed by atoms with E-state index >= 15 is 0 Å². The van der Waals surface area contributed by atoms with Crippen LogP contribution in [-0.4, -0.2) is 125 Å². The molecule has 0 aromatic carbocycles. The number of ether oxygens (including phenoxy) is 2. The Labute approximate surface area is 377 Å². The number of nitrogens with zero attached hydrogens (tertiary/aromatic N) is 2. The summed E-state index contributed by atoms with van der Waals surface area (Å²) in [5.41, 5.74) is 0. The molecule has 2 amide bonds. The molecule has 2 unspecified atom stereocenters. The molecule has 0 bridgehead atoms. The van der Waals surface area contributed by atoms with Gasteiger partial charge in [0.15, 0.2) is 13.1 Å². The minimum Gasteiger partial charge on any atom is -0.464 e. The molecular formula is C48H96N4O6S2+2. The zero-order valence-electron chi connectivity index (χ0n) is 40.4. The number of esters is 2. The molecule has 354 valence electrons. The first-order chi connectivity index (χ1) is 28.7. The third kappa shape index (κ3) is 40.6. The van der Waals surface area contributed by atoms with Crippen molar-refractivity contribution in [1.82, 2.24) is 10.6 Å². The summed E-state index contributed by atoms with van der Waals surface area (Å²) in [7, 11) is 14.3. The first-order valence-electron chi connectivity index (χ1n) is 24.5. The van der Waals surface area contributed by atoms with Crippen molar-refractivity contribution in [3.05, 3.63) is 0 Å². The lowest BCUT2D eigenvalue weighted by Gasteiger charge is -2.25. The van der Waals surface area contributed by atoms with Crippen molar-refractivity contribution in [3.63, 3.8) is 0 Å². The Morgan fingerprint density at radius 2 is 0.633 bits per heavy atom. The van der Waals surface area contributed by atoms with E-state index in [0.717, 1.165) is 38.5 Å². The molecule has 0 aliphatic heterocycles.